The largest absolute Gasteiger partial charge is 0.444 e. The molecule has 1 fully saturated rings. The molecule has 0 aromatic heterocycles. The van der Waals surface area contributed by atoms with E-state index in [9.17, 15) is 14.7 Å². The Morgan fingerprint density at radius 2 is 2.05 bits per heavy atom. The molecule has 2 atom stereocenters. The SMILES string of the molecule is COCC(=O)NC1CN(C(=O)OC(C)(C)C)CCC1O. The molecule has 116 valence electrons. The van der Waals surface area contributed by atoms with Crippen LogP contribution in [0.15, 0.2) is 0 Å². The van der Waals surface area contributed by atoms with E-state index in [0.717, 1.165) is 0 Å². The number of hydrogen-bond donors (Lipinski definition) is 2. The maximum atomic E-state index is 12.0. The normalized spacial score (nSPS) is 23.4. The molecule has 7 heteroatoms. The Bertz CT molecular complexity index is 353. The van der Waals surface area contributed by atoms with E-state index in [-0.39, 0.29) is 19.1 Å². The van der Waals surface area contributed by atoms with Gasteiger partial charge in [-0.25, -0.2) is 4.79 Å². The lowest BCUT2D eigenvalue weighted by atomic mass is 10.0. The second-order valence-electron chi connectivity index (χ2n) is 5.89. The van der Waals surface area contributed by atoms with Crippen LogP contribution in [0.5, 0.6) is 0 Å². The fourth-order valence-electron chi connectivity index (χ4n) is 1.95. The summed E-state index contributed by atoms with van der Waals surface area (Å²) in [6.45, 7) is 5.94. The number of aliphatic hydroxyl groups excluding tert-OH is 1. The zero-order valence-electron chi connectivity index (χ0n) is 12.5. The van der Waals surface area contributed by atoms with Crippen molar-refractivity contribution in [2.45, 2.75) is 44.9 Å². The summed E-state index contributed by atoms with van der Waals surface area (Å²) in [6, 6.07) is -0.501. The Hall–Kier alpha value is -1.34. The van der Waals surface area contributed by atoms with Crippen LogP contribution < -0.4 is 5.32 Å². The Morgan fingerprint density at radius 1 is 1.40 bits per heavy atom. The lowest BCUT2D eigenvalue weighted by Crippen LogP contribution is -2.57. The maximum absolute atomic E-state index is 12.0. The predicted octanol–water partition coefficient (Wildman–Crippen LogP) is 0.119. The van der Waals surface area contributed by atoms with Crippen molar-refractivity contribution in [1.82, 2.24) is 10.2 Å². The van der Waals surface area contributed by atoms with E-state index in [1.807, 2.05) is 0 Å². The first-order valence-corrected chi connectivity index (χ1v) is 6.67. The summed E-state index contributed by atoms with van der Waals surface area (Å²) in [5.41, 5.74) is -0.568. The standard InChI is InChI=1S/C13H24N2O5/c1-13(2,3)20-12(18)15-6-5-10(16)9(7-15)14-11(17)8-19-4/h9-10,16H,5-8H2,1-4H3,(H,14,17). The molecule has 2 N–H and O–H groups in total. The molecule has 0 saturated carbocycles. The van der Waals surface area contributed by atoms with E-state index in [0.29, 0.717) is 13.0 Å². The van der Waals surface area contributed by atoms with E-state index in [4.69, 9.17) is 9.47 Å². The molecule has 0 radical (unpaired) electrons. The fraction of sp³-hybridized carbons (Fsp3) is 0.846. The molecule has 1 saturated heterocycles. The van der Waals surface area contributed by atoms with Gasteiger partial charge in [-0.1, -0.05) is 0 Å². The highest BCUT2D eigenvalue weighted by Gasteiger charge is 2.33. The van der Waals surface area contributed by atoms with Crippen molar-refractivity contribution in [3.8, 4) is 0 Å². The Balaban J connectivity index is 2.56. The van der Waals surface area contributed by atoms with Gasteiger partial charge in [-0.05, 0) is 27.2 Å². The number of piperidine rings is 1. The Kier molecular flexibility index (Phi) is 5.76. The second-order valence-corrected chi connectivity index (χ2v) is 5.89. The van der Waals surface area contributed by atoms with Crippen molar-refractivity contribution in [1.29, 1.82) is 0 Å². The van der Waals surface area contributed by atoms with E-state index >= 15 is 0 Å². The first-order valence-electron chi connectivity index (χ1n) is 6.67. The molecular weight excluding hydrogens is 264 g/mol. The van der Waals surface area contributed by atoms with E-state index in [1.54, 1.807) is 20.8 Å². The summed E-state index contributed by atoms with van der Waals surface area (Å²) < 4.78 is 10.0. The molecule has 1 heterocycles. The lowest BCUT2D eigenvalue weighted by Gasteiger charge is -2.37. The first-order chi connectivity index (χ1) is 9.23. The van der Waals surface area contributed by atoms with Crippen LogP contribution in [-0.2, 0) is 14.3 Å². The molecule has 0 aromatic rings. The van der Waals surface area contributed by atoms with Crippen LogP contribution in [-0.4, -0.2) is 66.6 Å². The molecular formula is C13H24N2O5. The minimum Gasteiger partial charge on any atom is -0.444 e. The zero-order chi connectivity index (χ0) is 15.3. The van der Waals surface area contributed by atoms with Crippen molar-refractivity contribution >= 4 is 12.0 Å². The number of methoxy groups -OCH3 is 1. The third-order valence-electron chi connectivity index (χ3n) is 2.85. The number of carbonyl (C=O) groups is 2. The van der Waals surface area contributed by atoms with Gasteiger partial charge >= 0.3 is 6.09 Å². The van der Waals surface area contributed by atoms with Crippen LogP contribution in [0.2, 0.25) is 0 Å². The van der Waals surface area contributed by atoms with Gasteiger partial charge in [0.15, 0.2) is 0 Å². The number of amides is 2. The van der Waals surface area contributed by atoms with Crippen LogP contribution in [0.25, 0.3) is 0 Å². The van der Waals surface area contributed by atoms with Crippen molar-refractivity contribution < 1.29 is 24.2 Å². The average Bonchev–Trinajstić information content (AvgIpc) is 2.30. The Labute approximate surface area is 119 Å². The molecule has 1 aliphatic rings. The van der Waals surface area contributed by atoms with Crippen LogP contribution in [0.3, 0.4) is 0 Å². The quantitative estimate of drug-likeness (QED) is 0.770. The summed E-state index contributed by atoms with van der Waals surface area (Å²) in [6.07, 6.45) is -0.707. The monoisotopic (exact) mass is 288 g/mol. The number of nitrogens with one attached hydrogen (secondary N) is 1. The summed E-state index contributed by atoms with van der Waals surface area (Å²) in [5.74, 6) is -0.317. The highest BCUT2D eigenvalue weighted by Crippen LogP contribution is 2.15. The topological polar surface area (TPSA) is 88.1 Å². The molecule has 20 heavy (non-hydrogen) atoms. The minimum atomic E-state index is -0.672. The number of hydrogen-bond acceptors (Lipinski definition) is 5. The zero-order valence-corrected chi connectivity index (χ0v) is 12.5. The van der Waals surface area contributed by atoms with Gasteiger partial charge < -0.3 is 24.8 Å². The predicted molar refractivity (Wildman–Crippen MR) is 72.2 cm³/mol. The van der Waals surface area contributed by atoms with Crippen molar-refractivity contribution in [3.05, 3.63) is 0 Å². The molecule has 0 spiro atoms. The highest BCUT2D eigenvalue weighted by atomic mass is 16.6. The molecule has 0 aliphatic carbocycles. The minimum absolute atomic E-state index is 0.0738. The number of carbonyl (C=O) groups excluding carboxylic acids is 2. The van der Waals surface area contributed by atoms with Crippen molar-refractivity contribution in [2.24, 2.45) is 0 Å². The van der Waals surface area contributed by atoms with E-state index in [2.05, 4.69) is 5.32 Å². The van der Waals surface area contributed by atoms with Crippen LogP contribution in [0, 0.1) is 0 Å². The van der Waals surface area contributed by atoms with Gasteiger partial charge in [0.05, 0.1) is 12.1 Å². The third-order valence-corrected chi connectivity index (χ3v) is 2.85. The smallest absolute Gasteiger partial charge is 0.410 e. The second kappa shape index (κ2) is 6.90. The number of rotatable bonds is 3. The molecule has 2 amide bonds. The van der Waals surface area contributed by atoms with Crippen LogP contribution in [0.4, 0.5) is 4.79 Å². The van der Waals surface area contributed by atoms with Crippen molar-refractivity contribution in [2.75, 3.05) is 26.8 Å². The number of likely N-dealkylation sites (tertiary alicyclic amines) is 1. The third kappa shape index (κ3) is 5.34. The van der Waals surface area contributed by atoms with Gasteiger partial charge in [-0.15, -0.1) is 0 Å². The maximum Gasteiger partial charge on any atom is 0.410 e. The van der Waals surface area contributed by atoms with Gasteiger partial charge in [0.1, 0.15) is 12.2 Å². The summed E-state index contributed by atoms with van der Waals surface area (Å²) in [4.78, 5) is 24.9. The van der Waals surface area contributed by atoms with Crippen LogP contribution >= 0.6 is 0 Å². The Morgan fingerprint density at radius 3 is 2.60 bits per heavy atom. The van der Waals surface area contributed by atoms with E-state index in [1.165, 1.54) is 12.0 Å². The van der Waals surface area contributed by atoms with E-state index < -0.39 is 23.8 Å². The number of aliphatic hydroxyl groups is 1. The molecule has 1 aliphatic heterocycles. The fourth-order valence-corrected chi connectivity index (χ4v) is 1.95. The number of ether oxygens (including phenoxy) is 2. The highest BCUT2D eigenvalue weighted by molar-refractivity contribution is 5.77. The molecule has 7 nitrogen and oxygen atoms in total. The first kappa shape index (κ1) is 16.7. The van der Waals surface area contributed by atoms with Gasteiger partial charge in [0, 0.05) is 20.2 Å². The summed E-state index contributed by atoms with van der Waals surface area (Å²) >= 11 is 0. The van der Waals surface area contributed by atoms with Gasteiger partial charge in [-0.2, -0.15) is 0 Å². The molecule has 1 rings (SSSR count). The summed E-state index contributed by atoms with van der Waals surface area (Å²) in [7, 11) is 1.42. The molecule has 0 bridgehead atoms. The lowest BCUT2D eigenvalue weighted by molar-refractivity contribution is -0.127. The molecule has 2 unspecified atom stereocenters. The van der Waals surface area contributed by atoms with Crippen molar-refractivity contribution in [3.63, 3.8) is 0 Å². The number of nitrogens with zero attached hydrogens (tertiary/aromatic N) is 1. The van der Waals surface area contributed by atoms with Gasteiger partial charge in [0.2, 0.25) is 5.91 Å². The summed E-state index contributed by atoms with van der Waals surface area (Å²) in [5, 5.41) is 12.5. The average molecular weight is 288 g/mol. The molecule has 0 aromatic carbocycles. The van der Waals surface area contributed by atoms with Gasteiger partial charge in [-0.3, -0.25) is 4.79 Å². The van der Waals surface area contributed by atoms with Gasteiger partial charge in [0.25, 0.3) is 0 Å². The van der Waals surface area contributed by atoms with Crippen LogP contribution in [0.1, 0.15) is 27.2 Å².